The number of benzene rings is 2. The molecule has 2 aromatic carbocycles. The summed E-state index contributed by atoms with van der Waals surface area (Å²) < 4.78 is 5.23. The molecule has 8 aliphatic carbocycles. The van der Waals surface area contributed by atoms with Crippen LogP contribution in [0.3, 0.4) is 0 Å². The van der Waals surface area contributed by atoms with E-state index in [1.54, 1.807) is 11.1 Å². The summed E-state index contributed by atoms with van der Waals surface area (Å²) >= 11 is 16.4. The molecule has 2 aromatic rings. The van der Waals surface area contributed by atoms with Crippen LogP contribution in [-0.2, 0) is 10.8 Å². The Morgan fingerprint density at radius 2 is 0.648 bits per heavy atom. The first-order valence-corrected chi connectivity index (χ1v) is 25.7. The van der Waals surface area contributed by atoms with E-state index in [0.717, 1.165) is 0 Å². The molecule has 4 atom stereocenters. The molecule has 4 unspecified atom stereocenters. The van der Waals surface area contributed by atoms with E-state index in [1.165, 1.54) is 183 Å². The van der Waals surface area contributed by atoms with Crippen molar-refractivity contribution >= 4 is 63.7 Å². The largest absolute Gasteiger partial charge is 0.0654 e. The quantitative estimate of drug-likeness (QED) is 0.167. The van der Waals surface area contributed by atoms with E-state index in [0.29, 0.717) is 32.5 Å². The molecule has 0 aliphatic heterocycles. The van der Waals surface area contributed by atoms with E-state index in [-0.39, 0.29) is 10.8 Å². The van der Waals surface area contributed by atoms with Gasteiger partial charge in [-0.05, 0) is 206 Å². The van der Waals surface area contributed by atoms with E-state index in [1.807, 2.05) is 0 Å². The average molecular weight is 991 g/mol. The van der Waals surface area contributed by atoms with Gasteiger partial charge < -0.3 is 0 Å². The van der Waals surface area contributed by atoms with Gasteiger partial charge in [0, 0.05) is 17.9 Å². The van der Waals surface area contributed by atoms with Gasteiger partial charge in [0.15, 0.2) is 0 Å². The molecule has 0 aromatic heterocycles. The fourth-order valence-electron chi connectivity index (χ4n) is 17.0. The van der Waals surface area contributed by atoms with Gasteiger partial charge in [-0.25, -0.2) is 0 Å². The minimum absolute atomic E-state index is 0.272. The molecule has 0 nitrogen and oxygen atoms in total. The Hall–Kier alpha value is 0.360. The van der Waals surface area contributed by atoms with Crippen LogP contribution < -0.4 is 0 Å². The van der Waals surface area contributed by atoms with Crippen molar-refractivity contribution in [3.05, 3.63) is 64.4 Å². The van der Waals surface area contributed by atoms with E-state index in [2.05, 4.69) is 130 Å². The predicted octanol–water partition coefficient (Wildman–Crippen LogP) is 18.0. The van der Waals surface area contributed by atoms with Crippen molar-refractivity contribution in [1.29, 1.82) is 0 Å². The minimum atomic E-state index is 0.272. The number of hydrogen-bond acceptors (Lipinski definition) is 0. The molecular weight excluding hydrogens is 920 g/mol. The van der Waals surface area contributed by atoms with Gasteiger partial charge in [0.2, 0.25) is 0 Å². The molecule has 0 N–H and O–H groups in total. The highest BCUT2D eigenvalue weighted by Crippen LogP contribution is 2.87. The van der Waals surface area contributed by atoms with Crippen LogP contribution in [0.1, 0.15) is 204 Å². The normalized spacial score (nSPS) is 40.3. The van der Waals surface area contributed by atoms with Crippen molar-refractivity contribution in [2.24, 2.45) is 32.5 Å². The lowest BCUT2D eigenvalue weighted by Gasteiger charge is -2.81. The SMILES string of the molecule is CCCCC12CC3(CCCC)CC(c4cc(Br)c(C)c(Br)c4)(C1)CC(C14CC5(CCCC)CC(CCCC)(CC(c6cc(Br)c(C)c(Br)c6)(C5)C1)C4)(C2)C3. The van der Waals surface area contributed by atoms with Gasteiger partial charge in [0.05, 0.1) is 0 Å². The maximum atomic E-state index is 4.11. The fraction of sp³-hybridized carbons (Fsp3) is 0.760. The van der Waals surface area contributed by atoms with Crippen molar-refractivity contribution < 1.29 is 0 Å². The molecule has 8 fully saturated rings. The minimum Gasteiger partial charge on any atom is -0.0654 e. The van der Waals surface area contributed by atoms with Gasteiger partial charge in [0.25, 0.3) is 0 Å². The maximum Gasteiger partial charge on any atom is 0.0218 e. The lowest BCUT2D eigenvalue weighted by molar-refractivity contribution is -0.288. The Bertz CT molecular complexity index is 1530. The Morgan fingerprint density at radius 3 is 0.889 bits per heavy atom. The molecule has 298 valence electrons. The third-order valence-corrected chi connectivity index (χ3v) is 21.0. The van der Waals surface area contributed by atoms with Gasteiger partial charge in [-0.1, -0.05) is 143 Å². The summed E-state index contributed by atoms with van der Waals surface area (Å²) in [6.45, 7) is 14.4. The summed E-state index contributed by atoms with van der Waals surface area (Å²) in [4.78, 5) is 0. The van der Waals surface area contributed by atoms with Crippen LogP contribution in [0, 0.1) is 46.3 Å². The second-order valence-corrected chi connectivity index (χ2v) is 25.2. The first-order valence-electron chi connectivity index (χ1n) is 22.5. The highest BCUT2D eigenvalue weighted by Gasteiger charge is 2.78. The predicted molar refractivity (Wildman–Crippen MR) is 245 cm³/mol. The average Bonchev–Trinajstić information content (AvgIpc) is 3.11. The topological polar surface area (TPSA) is 0 Å². The molecule has 0 spiro atoms. The van der Waals surface area contributed by atoms with Crippen LogP contribution in [0.4, 0.5) is 0 Å². The molecule has 0 radical (unpaired) electrons. The van der Waals surface area contributed by atoms with Gasteiger partial charge >= 0.3 is 0 Å². The standard InChI is InChI=1S/C50H70Br4/c1-7-11-15-43-23-44(16-12-8-2)26-47(25-43,37-19-39(51)35(5)40(52)20-37)33-49(29-43,30-44)50-31-45(17-13-9-3)24-46(32-50,18-14-10-4)28-48(27-45,34-50)38-21-41(53)36(6)42(54)22-38/h19-22H,7-18,23-34H2,1-6H3. The molecule has 0 saturated heterocycles. The zero-order valence-corrected chi connectivity index (χ0v) is 41.1. The summed E-state index contributed by atoms with van der Waals surface area (Å²) in [6.07, 6.45) is 34.5. The Kier molecular flexibility index (Phi) is 11.1. The maximum absolute atomic E-state index is 4.11. The molecular formula is C50H70Br4. The van der Waals surface area contributed by atoms with Crippen molar-refractivity contribution in [1.82, 2.24) is 0 Å². The van der Waals surface area contributed by atoms with Gasteiger partial charge in [0.1, 0.15) is 0 Å². The molecule has 8 bridgehead atoms. The van der Waals surface area contributed by atoms with Crippen LogP contribution in [0.2, 0.25) is 0 Å². The van der Waals surface area contributed by atoms with Crippen molar-refractivity contribution in [2.45, 2.75) is 206 Å². The van der Waals surface area contributed by atoms with Gasteiger partial charge in [-0.15, -0.1) is 0 Å². The Balaban J connectivity index is 1.38. The van der Waals surface area contributed by atoms with Gasteiger partial charge in [-0.2, -0.15) is 0 Å². The van der Waals surface area contributed by atoms with E-state index < -0.39 is 0 Å². The van der Waals surface area contributed by atoms with Crippen molar-refractivity contribution in [3.8, 4) is 0 Å². The van der Waals surface area contributed by atoms with Gasteiger partial charge in [-0.3, -0.25) is 0 Å². The van der Waals surface area contributed by atoms with Crippen molar-refractivity contribution in [3.63, 3.8) is 0 Å². The summed E-state index contributed by atoms with van der Waals surface area (Å²) in [5, 5.41) is 0. The Labute approximate surface area is 364 Å². The van der Waals surface area contributed by atoms with E-state index >= 15 is 0 Å². The molecule has 4 heteroatoms. The third kappa shape index (κ3) is 6.54. The van der Waals surface area contributed by atoms with Crippen LogP contribution in [-0.4, -0.2) is 0 Å². The lowest BCUT2D eigenvalue weighted by atomic mass is 9.23. The molecule has 54 heavy (non-hydrogen) atoms. The zero-order valence-electron chi connectivity index (χ0n) is 34.8. The Morgan fingerprint density at radius 1 is 0.389 bits per heavy atom. The van der Waals surface area contributed by atoms with Crippen molar-refractivity contribution in [2.75, 3.05) is 0 Å². The highest BCUT2D eigenvalue weighted by atomic mass is 79.9. The van der Waals surface area contributed by atoms with Crippen LogP contribution in [0.25, 0.3) is 0 Å². The zero-order chi connectivity index (χ0) is 38.4. The first kappa shape index (κ1) is 41.1. The summed E-state index contributed by atoms with van der Waals surface area (Å²) in [7, 11) is 0. The first-order chi connectivity index (χ1) is 25.6. The number of halogens is 4. The molecule has 8 saturated carbocycles. The highest BCUT2D eigenvalue weighted by molar-refractivity contribution is 9.11. The number of hydrogen-bond donors (Lipinski definition) is 0. The van der Waals surface area contributed by atoms with Crippen LogP contribution >= 0.6 is 63.7 Å². The molecule has 10 rings (SSSR count). The molecule has 0 amide bonds. The van der Waals surface area contributed by atoms with E-state index in [9.17, 15) is 0 Å². The van der Waals surface area contributed by atoms with Crippen LogP contribution in [0.15, 0.2) is 42.2 Å². The third-order valence-electron chi connectivity index (χ3n) is 17.7. The summed E-state index contributed by atoms with van der Waals surface area (Å²) in [5.74, 6) is 0. The second kappa shape index (κ2) is 14.5. The lowest BCUT2D eigenvalue weighted by Crippen LogP contribution is -2.72. The van der Waals surface area contributed by atoms with E-state index in [4.69, 9.17) is 0 Å². The van der Waals surface area contributed by atoms with Crippen LogP contribution in [0.5, 0.6) is 0 Å². The monoisotopic (exact) mass is 986 g/mol. The summed E-state index contributed by atoms with van der Waals surface area (Å²) in [5.41, 5.74) is 9.31. The number of rotatable bonds is 15. The second-order valence-electron chi connectivity index (χ2n) is 21.8. The molecule has 8 aliphatic rings. The number of unbranched alkanes of at least 4 members (excludes halogenated alkanes) is 4. The smallest absolute Gasteiger partial charge is 0.0218 e. The fourth-order valence-corrected chi connectivity index (χ4v) is 19.4. The molecule has 0 heterocycles. The summed E-state index contributed by atoms with van der Waals surface area (Å²) in [6, 6.07) is 10.5.